The van der Waals surface area contributed by atoms with Crippen LogP contribution in [0.2, 0.25) is 5.02 Å². The summed E-state index contributed by atoms with van der Waals surface area (Å²) in [5, 5.41) is 0.605. The number of nitrogens with zero attached hydrogens (tertiary/aromatic N) is 1. The molecule has 0 spiro atoms. The molecule has 1 aromatic carbocycles. The van der Waals surface area contributed by atoms with Gasteiger partial charge in [-0.1, -0.05) is 27.5 Å². The molecular weight excluding hydrogens is 241 g/mol. The van der Waals surface area contributed by atoms with Gasteiger partial charge in [0.25, 0.3) is 0 Å². The van der Waals surface area contributed by atoms with Crippen molar-refractivity contribution in [2.24, 2.45) is 0 Å². The van der Waals surface area contributed by atoms with E-state index < -0.39 is 0 Å². The molecule has 1 aromatic rings. The first-order chi connectivity index (χ1) is 5.63. The lowest BCUT2D eigenvalue weighted by Gasteiger charge is -2.10. The Hall–Kier alpha value is -0.540. The zero-order chi connectivity index (χ0) is 9.14. The molecule has 0 aliphatic heterocycles. The van der Waals surface area contributed by atoms with Gasteiger partial charge in [-0.2, -0.15) is 0 Å². The predicted molar refractivity (Wildman–Crippen MR) is 53.6 cm³/mol. The van der Waals surface area contributed by atoms with E-state index >= 15 is 0 Å². The molecule has 0 unspecified atom stereocenters. The number of carbonyl (C=O) groups is 1. The second kappa shape index (κ2) is 3.92. The van der Waals surface area contributed by atoms with Gasteiger partial charge in [0.2, 0.25) is 6.41 Å². The fourth-order valence-corrected chi connectivity index (χ4v) is 1.65. The van der Waals surface area contributed by atoms with Crippen LogP contribution in [0.4, 0.5) is 5.69 Å². The molecule has 12 heavy (non-hydrogen) atoms. The number of hydrogen-bond donors (Lipinski definition) is 0. The van der Waals surface area contributed by atoms with Crippen LogP contribution in [0.25, 0.3) is 0 Å². The summed E-state index contributed by atoms with van der Waals surface area (Å²) < 4.78 is 0.860. The topological polar surface area (TPSA) is 20.3 Å². The van der Waals surface area contributed by atoms with E-state index in [4.69, 9.17) is 11.6 Å². The van der Waals surface area contributed by atoms with Gasteiger partial charge in [0.15, 0.2) is 0 Å². The number of anilines is 1. The number of rotatable bonds is 2. The highest BCUT2D eigenvalue weighted by molar-refractivity contribution is 9.10. The van der Waals surface area contributed by atoms with E-state index in [9.17, 15) is 4.79 Å². The molecule has 0 bridgehead atoms. The zero-order valence-electron chi connectivity index (χ0n) is 6.42. The average Bonchev–Trinajstić information content (AvgIpc) is 2.01. The Morgan fingerprint density at radius 2 is 2.17 bits per heavy atom. The molecule has 0 aliphatic carbocycles. The number of benzene rings is 1. The summed E-state index contributed by atoms with van der Waals surface area (Å²) in [7, 11) is 1.67. The molecule has 0 fully saturated rings. The Kier molecular flexibility index (Phi) is 3.12. The van der Waals surface area contributed by atoms with Gasteiger partial charge >= 0.3 is 0 Å². The van der Waals surface area contributed by atoms with Crippen LogP contribution in [0.3, 0.4) is 0 Å². The summed E-state index contributed by atoms with van der Waals surface area (Å²) in [6.45, 7) is 0. The first kappa shape index (κ1) is 9.55. The molecule has 64 valence electrons. The molecule has 1 amide bonds. The van der Waals surface area contributed by atoms with Gasteiger partial charge in [-0.15, -0.1) is 0 Å². The van der Waals surface area contributed by atoms with Gasteiger partial charge < -0.3 is 4.90 Å². The van der Waals surface area contributed by atoms with Crippen LogP contribution < -0.4 is 4.90 Å². The largest absolute Gasteiger partial charge is 0.318 e. The smallest absolute Gasteiger partial charge is 0.213 e. The van der Waals surface area contributed by atoms with E-state index in [1.54, 1.807) is 19.2 Å². The second-order valence-electron chi connectivity index (χ2n) is 2.34. The third-order valence-electron chi connectivity index (χ3n) is 1.41. The lowest BCUT2D eigenvalue weighted by molar-refractivity contribution is -0.107. The van der Waals surface area contributed by atoms with Crippen molar-refractivity contribution in [2.75, 3.05) is 11.9 Å². The first-order valence-corrected chi connectivity index (χ1v) is 4.45. The molecule has 0 saturated heterocycles. The fraction of sp³-hybridized carbons (Fsp3) is 0.125. The molecular formula is C8H7BrClNO. The molecule has 0 saturated carbocycles. The van der Waals surface area contributed by atoms with Crippen LogP contribution in [0.1, 0.15) is 0 Å². The lowest BCUT2D eigenvalue weighted by Crippen LogP contribution is -2.13. The summed E-state index contributed by atoms with van der Waals surface area (Å²) in [6, 6.07) is 5.31. The third-order valence-corrected chi connectivity index (χ3v) is 2.09. The molecule has 0 aromatic heterocycles. The Morgan fingerprint density at radius 1 is 1.50 bits per heavy atom. The Labute approximate surface area is 84.3 Å². The van der Waals surface area contributed by atoms with Crippen LogP contribution in [-0.4, -0.2) is 13.5 Å². The fourth-order valence-electron chi connectivity index (χ4n) is 0.804. The maximum absolute atomic E-state index is 10.4. The van der Waals surface area contributed by atoms with Crippen LogP contribution >= 0.6 is 27.5 Å². The van der Waals surface area contributed by atoms with E-state index in [0.29, 0.717) is 5.02 Å². The normalized spacial score (nSPS) is 9.58. The average molecular weight is 249 g/mol. The third kappa shape index (κ3) is 2.22. The molecule has 0 radical (unpaired) electrons. The van der Waals surface area contributed by atoms with E-state index in [1.165, 1.54) is 4.90 Å². The summed E-state index contributed by atoms with van der Waals surface area (Å²) in [5.74, 6) is 0. The van der Waals surface area contributed by atoms with Crippen LogP contribution in [0.15, 0.2) is 22.7 Å². The Bertz CT molecular complexity index is 283. The van der Waals surface area contributed by atoms with Gasteiger partial charge in [-0.3, -0.25) is 4.79 Å². The van der Waals surface area contributed by atoms with E-state index in [2.05, 4.69) is 15.9 Å². The Balaban J connectivity index is 3.08. The summed E-state index contributed by atoms with van der Waals surface area (Å²) in [4.78, 5) is 11.9. The first-order valence-electron chi connectivity index (χ1n) is 3.27. The maximum Gasteiger partial charge on any atom is 0.213 e. The monoisotopic (exact) mass is 247 g/mol. The summed E-state index contributed by atoms with van der Waals surface area (Å²) >= 11 is 9.06. The molecule has 0 heterocycles. The predicted octanol–water partition coefficient (Wildman–Crippen LogP) is 2.70. The quantitative estimate of drug-likeness (QED) is 0.737. The molecule has 0 atom stereocenters. The Morgan fingerprint density at radius 3 is 2.67 bits per heavy atom. The zero-order valence-corrected chi connectivity index (χ0v) is 8.76. The number of halogens is 2. The van der Waals surface area contributed by atoms with Gasteiger partial charge in [0, 0.05) is 22.2 Å². The molecule has 0 N–H and O–H groups in total. The van der Waals surface area contributed by atoms with Crippen molar-refractivity contribution in [2.45, 2.75) is 0 Å². The number of hydrogen-bond acceptors (Lipinski definition) is 1. The highest BCUT2D eigenvalue weighted by atomic mass is 79.9. The highest BCUT2D eigenvalue weighted by Crippen LogP contribution is 2.24. The standard InChI is InChI=1S/C8H7BrClNO/c1-11(5-12)8-3-6(9)2-7(10)4-8/h2-5H,1H3. The van der Waals surface area contributed by atoms with E-state index in [1.807, 2.05) is 6.07 Å². The van der Waals surface area contributed by atoms with Gasteiger partial charge in [0.1, 0.15) is 0 Å². The minimum absolute atomic E-state index is 0.605. The SMILES string of the molecule is CN(C=O)c1cc(Cl)cc(Br)c1. The molecule has 1 rings (SSSR count). The molecule has 4 heteroatoms. The van der Waals surface area contributed by atoms with Crippen molar-refractivity contribution in [1.29, 1.82) is 0 Å². The molecule has 2 nitrogen and oxygen atoms in total. The van der Waals surface area contributed by atoms with Crippen LogP contribution in [0, 0.1) is 0 Å². The molecule has 0 aliphatic rings. The van der Waals surface area contributed by atoms with Crippen molar-refractivity contribution < 1.29 is 4.79 Å². The van der Waals surface area contributed by atoms with Gasteiger partial charge in [0.05, 0.1) is 0 Å². The van der Waals surface area contributed by atoms with Crippen LogP contribution in [0.5, 0.6) is 0 Å². The van der Waals surface area contributed by atoms with Crippen molar-refractivity contribution >= 4 is 39.6 Å². The lowest BCUT2D eigenvalue weighted by atomic mass is 10.3. The second-order valence-corrected chi connectivity index (χ2v) is 3.70. The van der Waals surface area contributed by atoms with Crippen molar-refractivity contribution in [3.63, 3.8) is 0 Å². The van der Waals surface area contributed by atoms with E-state index in [0.717, 1.165) is 16.6 Å². The minimum atomic E-state index is 0.605. The maximum atomic E-state index is 10.4. The number of amides is 1. The van der Waals surface area contributed by atoms with Crippen molar-refractivity contribution in [3.8, 4) is 0 Å². The summed E-state index contributed by atoms with van der Waals surface area (Å²) in [6.07, 6.45) is 0.734. The van der Waals surface area contributed by atoms with Gasteiger partial charge in [-0.05, 0) is 18.2 Å². The van der Waals surface area contributed by atoms with Crippen LogP contribution in [-0.2, 0) is 4.79 Å². The van der Waals surface area contributed by atoms with Crippen molar-refractivity contribution in [3.05, 3.63) is 27.7 Å². The highest BCUT2D eigenvalue weighted by Gasteiger charge is 2.01. The van der Waals surface area contributed by atoms with E-state index in [-0.39, 0.29) is 0 Å². The van der Waals surface area contributed by atoms with Crippen molar-refractivity contribution in [1.82, 2.24) is 0 Å². The minimum Gasteiger partial charge on any atom is -0.318 e. The number of carbonyl (C=O) groups excluding carboxylic acids is 1. The summed E-state index contributed by atoms with van der Waals surface area (Å²) in [5.41, 5.74) is 0.768. The van der Waals surface area contributed by atoms with Gasteiger partial charge in [-0.25, -0.2) is 0 Å².